The lowest BCUT2D eigenvalue weighted by molar-refractivity contribution is -0.110. The van der Waals surface area contributed by atoms with Gasteiger partial charge in [-0.2, -0.15) is 0 Å². The number of halogens is 1. The lowest BCUT2D eigenvalue weighted by Gasteiger charge is -2.10. The maximum atomic E-state index is 12.3. The monoisotopic (exact) mass is 372 g/mol. The molecule has 136 valence electrons. The Labute approximate surface area is 157 Å². The molecule has 3 N–H and O–H groups in total. The molecule has 0 fully saturated rings. The fraction of sp³-hybridized carbons (Fsp3) is 0.263. The molecule has 6 nitrogen and oxygen atoms in total. The van der Waals surface area contributed by atoms with Crippen molar-refractivity contribution in [3.8, 4) is 0 Å². The number of carbonyl (C=O) groups is 2. The summed E-state index contributed by atoms with van der Waals surface area (Å²) in [5.74, 6) is -0.323. The number of aromatic amines is 1. The Morgan fingerprint density at radius 2 is 2.08 bits per heavy atom. The number of aromatic nitrogens is 1. The molecule has 0 atom stereocenters. The highest BCUT2D eigenvalue weighted by molar-refractivity contribution is 6.36. The van der Waals surface area contributed by atoms with Crippen molar-refractivity contribution in [3.05, 3.63) is 51.8 Å². The van der Waals surface area contributed by atoms with E-state index >= 15 is 0 Å². The Kier molecular flexibility index (Phi) is 5.15. The normalized spacial score (nSPS) is 14.7. The summed E-state index contributed by atoms with van der Waals surface area (Å²) in [5.41, 5.74) is 4.02. The number of nitrogens with zero attached hydrogens (tertiary/aromatic N) is 1. The summed E-state index contributed by atoms with van der Waals surface area (Å²) in [6.07, 6.45) is 1.74. The van der Waals surface area contributed by atoms with Gasteiger partial charge < -0.3 is 20.5 Å². The third kappa shape index (κ3) is 3.81. The van der Waals surface area contributed by atoms with E-state index in [0.29, 0.717) is 28.4 Å². The number of H-pyrrole nitrogens is 1. The van der Waals surface area contributed by atoms with Gasteiger partial charge in [0.2, 0.25) is 0 Å². The first-order valence-corrected chi connectivity index (χ1v) is 8.68. The molecule has 0 spiro atoms. The maximum Gasteiger partial charge on any atom is 0.256 e. The molecule has 7 heteroatoms. The number of rotatable bonds is 5. The highest BCUT2D eigenvalue weighted by Gasteiger charge is 2.24. The van der Waals surface area contributed by atoms with Crippen LogP contribution >= 0.6 is 11.6 Å². The van der Waals surface area contributed by atoms with E-state index in [1.165, 1.54) is 0 Å². The fourth-order valence-corrected chi connectivity index (χ4v) is 3.02. The molecule has 1 aliphatic rings. The van der Waals surface area contributed by atoms with Crippen molar-refractivity contribution in [1.82, 2.24) is 15.2 Å². The van der Waals surface area contributed by atoms with E-state index in [9.17, 15) is 9.59 Å². The van der Waals surface area contributed by atoms with Crippen LogP contribution in [0.1, 0.15) is 27.3 Å². The van der Waals surface area contributed by atoms with E-state index in [1.807, 2.05) is 25.9 Å². The number of amides is 2. The fourth-order valence-electron chi connectivity index (χ4n) is 2.84. The Morgan fingerprint density at radius 1 is 1.31 bits per heavy atom. The van der Waals surface area contributed by atoms with Crippen LogP contribution in [-0.4, -0.2) is 48.9 Å². The quantitative estimate of drug-likeness (QED) is 0.706. The molecule has 0 bridgehead atoms. The third-order valence-electron chi connectivity index (χ3n) is 4.19. The van der Waals surface area contributed by atoms with Crippen molar-refractivity contribution in [2.45, 2.75) is 6.92 Å². The van der Waals surface area contributed by atoms with Crippen LogP contribution < -0.4 is 10.6 Å². The molecule has 26 heavy (non-hydrogen) atoms. The van der Waals surface area contributed by atoms with Crippen molar-refractivity contribution in [3.63, 3.8) is 0 Å². The van der Waals surface area contributed by atoms with Crippen molar-refractivity contribution in [1.29, 1.82) is 0 Å². The van der Waals surface area contributed by atoms with Gasteiger partial charge in [0, 0.05) is 40.8 Å². The molecule has 0 aliphatic carbocycles. The smallest absolute Gasteiger partial charge is 0.256 e. The highest BCUT2D eigenvalue weighted by Crippen LogP contribution is 2.34. The zero-order valence-corrected chi connectivity index (χ0v) is 15.7. The molecule has 0 saturated carbocycles. The number of nitrogens with one attached hydrogen (secondary N) is 3. The number of hydrogen-bond acceptors (Lipinski definition) is 3. The summed E-state index contributed by atoms with van der Waals surface area (Å²) in [4.78, 5) is 29.8. The van der Waals surface area contributed by atoms with Crippen molar-refractivity contribution >= 4 is 40.8 Å². The first-order valence-electron chi connectivity index (χ1n) is 8.30. The van der Waals surface area contributed by atoms with Crippen molar-refractivity contribution in [2.75, 3.05) is 32.5 Å². The van der Waals surface area contributed by atoms with E-state index in [-0.39, 0.29) is 11.8 Å². The molecular formula is C19H21ClN4O2. The first kappa shape index (κ1) is 18.2. The van der Waals surface area contributed by atoms with Gasteiger partial charge in [0.1, 0.15) is 0 Å². The maximum absolute atomic E-state index is 12.3. The Morgan fingerprint density at radius 3 is 2.81 bits per heavy atom. The minimum absolute atomic E-state index is 0.135. The van der Waals surface area contributed by atoms with Crippen LogP contribution in [0.15, 0.2) is 24.3 Å². The number of likely N-dealkylation sites (N-methyl/N-ethyl adjacent to an activating group) is 1. The standard InChI is InChI=1S/C19H21ClN4O2/c1-11-14(18(25)21-6-7-24(2)3)9-13(22-11)10-16-15-8-12(20)4-5-17(15)23-19(16)26/h4-5,8-10,22H,6-7H2,1-3H3,(H,21,25)(H,23,26)/b16-10-. The van der Waals surface area contributed by atoms with Crippen LogP contribution in [0.25, 0.3) is 11.6 Å². The van der Waals surface area contributed by atoms with Gasteiger partial charge in [0.25, 0.3) is 11.8 Å². The van der Waals surface area contributed by atoms with Gasteiger partial charge >= 0.3 is 0 Å². The first-order chi connectivity index (χ1) is 12.3. The van der Waals surface area contributed by atoms with Gasteiger partial charge in [-0.15, -0.1) is 0 Å². The van der Waals surface area contributed by atoms with E-state index in [4.69, 9.17) is 11.6 Å². The lowest BCUT2D eigenvalue weighted by atomic mass is 10.1. The number of benzene rings is 1. The largest absolute Gasteiger partial charge is 0.358 e. The molecule has 1 aromatic carbocycles. The number of hydrogen-bond donors (Lipinski definition) is 3. The summed E-state index contributed by atoms with van der Waals surface area (Å²) in [6, 6.07) is 7.02. The van der Waals surface area contributed by atoms with E-state index < -0.39 is 0 Å². The molecule has 0 saturated heterocycles. The minimum atomic E-state index is -0.188. The average Bonchev–Trinajstić information content (AvgIpc) is 3.08. The molecule has 2 heterocycles. The third-order valence-corrected chi connectivity index (χ3v) is 4.42. The second-order valence-electron chi connectivity index (χ2n) is 6.52. The molecule has 0 radical (unpaired) electrons. The van der Waals surface area contributed by atoms with E-state index in [1.54, 1.807) is 30.3 Å². The lowest BCUT2D eigenvalue weighted by Crippen LogP contribution is -2.31. The van der Waals surface area contributed by atoms with Gasteiger partial charge in [-0.3, -0.25) is 9.59 Å². The summed E-state index contributed by atoms with van der Waals surface area (Å²) in [5, 5.41) is 6.27. The van der Waals surface area contributed by atoms with Crippen LogP contribution in [0.3, 0.4) is 0 Å². The number of anilines is 1. The van der Waals surface area contributed by atoms with Crippen LogP contribution in [0, 0.1) is 6.92 Å². The van der Waals surface area contributed by atoms with Gasteiger partial charge in [-0.1, -0.05) is 11.6 Å². The molecular weight excluding hydrogens is 352 g/mol. The Balaban J connectivity index is 1.84. The average molecular weight is 373 g/mol. The van der Waals surface area contributed by atoms with E-state index in [2.05, 4.69) is 15.6 Å². The number of carbonyl (C=O) groups excluding carboxylic acids is 2. The molecule has 1 aromatic heterocycles. The van der Waals surface area contributed by atoms with Gasteiger partial charge in [0.05, 0.1) is 11.1 Å². The summed E-state index contributed by atoms with van der Waals surface area (Å²) >= 11 is 6.05. The number of aryl methyl sites for hydroxylation is 1. The van der Waals surface area contributed by atoms with Crippen LogP contribution in [0.5, 0.6) is 0 Å². The van der Waals surface area contributed by atoms with E-state index in [0.717, 1.165) is 23.5 Å². The van der Waals surface area contributed by atoms with Crippen LogP contribution in [0.2, 0.25) is 5.02 Å². The van der Waals surface area contributed by atoms with Gasteiger partial charge in [-0.25, -0.2) is 0 Å². The Hall–Kier alpha value is -2.57. The number of fused-ring (bicyclic) bond motifs is 1. The van der Waals surface area contributed by atoms with Crippen LogP contribution in [0.4, 0.5) is 5.69 Å². The molecule has 0 unspecified atom stereocenters. The van der Waals surface area contributed by atoms with Crippen molar-refractivity contribution in [2.24, 2.45) is 0 Å². The molecule has 1 aliphatic heterocycles. The molecule has 3 rings (SSSR count). The topological polar surface area (TPSA) is 77.2 Å². The summed E-state index contributed by atoms with van der Waals surface area (Å²) in [7, 11) is 3.91. The summed E-state index contributed by atoms with van der Waals surface area (Å²) < 4.78 is 0. The molecule has 2 amide bonds. The van der Waals surface area contributed by atoms with Gasteiger partial charge in [-0.05, 0) is 51.4 Å². The second kappa shape index (κ2) is 7.35. The zero-order chi connectivity index (χ0) is 18.8. The zero-order valence-electron chi connectivity index (χ0n) is 14.9. The molecule has 2 aromatic rings. The minimum Gasteiger partial charge on any atom is -0.358 e. The predicted octanol–water partition coefficient (Wildman–Crippen LogP) is 2.76. The Bertz CT molecular complexity index is 899. The van der Waals surface area contributed by atoms with Crippen molar-refractivity contribution < 1.29 is 9.59 Å². The SMILES string of the molecule is Cc1[nH]c(/C=C2\C(=O)Nc3ccc(Cl)cc32)cc1C(=O)NCCN(C)C. The second-order valence-corrected chi connectivity index (χ2v) is 6.96. The van der Waals surface area contributed by atoms with Gasteiger partial charge in [0.15, 0.2) is 0 Å². The predicted molar refractivity (Wildman–Crippen MR) is 104 cm³/mol. The highest BCUT2D eigenvalue weighted by atomic mass is 35.5. The van der Waals surface area contributed by atoms with Crippen LogP contribution in [-0.2, 0) is 4.79 Å². The summed E-state index contributed by atoms with van der Waals surface area (Å²) in [6.45, 7) is 3.17.